The largest absolute Gasteiger partial charge is 0.436 e. The summed E-state index contributed by atoms with van der Waals surface area (Å²) in [6, 6.07) is 20.6. The van der Waals surface area contributed by atoms with Gasteiger partial charge >= 0.3 is 0 Å². The molecule has 4 rings (SSSR count). The number of anilines is 1. The van der Waals surface area contributed by atoms with Crippen molar-refractivity contribution in [2.24, 2.45) is 0 Å². The van der Waals surface area contributed by atoms with Gasteiger partial charge in [0.15, 0.2) is 0 Å². The van der Waals surface area contributed by atoms with Crippen molar-refractivity contribution in [1.29, 1.82) is 0 Å². The Morgan fingerprint density at radius 2 is 1.48 bits per heavy atom. The van der Waals surface area contributed by atoms with Gasteiger partial charge in [0, 0.05) is 5.02 Å². The summed E-state index contributed by atoms with van der Waals surface area (Å²) in [5.74, 6) is 0.979. The molecule has 4 aromatic rings. The minimum atomic E-state index is -3.92. The van der Waals surface area contributed by atoms with Gasteiger partial charge in [0.1, 0.15) is 5.75 Å². The highest BCUT2D eigenvalue weighted by atomic mass is 35.5. The molecule has 0 aliphatic carbocycles. The molecule has 6 nitrogen and oxygen atoms in total. The third kappa shape index (κ3) is 4.78. The number of aromatic nitrogens is 2. The van der Waals surface area contributed by atoms with Crippen molar-refractivity contribution in [3.8, 4) is 11.6 Å². The molecule has 0 aliphatic rings. The summed E-state index contributed by atoms with van der Waals surface area (Å²) in [6.45, 7) is 4.21. The Bertz CT molecular complexity index is 1320. The van der Waals surface area contributed by atoms with Gasteiger partial charge < -0.3 is 4.74 Å². The number of benzene rings is 3. The van der Waals surface area contributed by atoms with Gasteiger partial charge in [-0.3, -0.25) is 4.72 Å². The first-order valence-electron chi connectivity index (χ1n) is 9.65. The Morgan fingerprint density at radius 3 is 2.10 bits per heavy atom. The number of hydrogen-bond donors (Lipinski definition) is 1. The summed E-state index contributed by atoms with van der Waals surface area (Å²) in [5.41, 5.74) is 2.30. The van der Waals surface area contributed by atoms with Crippen LogP contribution in [0.4, 0.5) is 5.82 Å². The molecule has 0 saturated carbocycles. The zero-order valence-corrected chi connectivity index (χ0v) is 18.5. The quantitative estimate of drug-likeness (QED) is 0.387. The van der Waals surface area contributed by atoms with E-state index in [1.807, 2.05) is 30.3 Å². The highest BCUT2D eigenvalue weighted by molar-refractivity contribution is 7.92. The van der Waals surface area contributed by atoms with Crippen molar-refractivity contribution in [3.05, 3.63) is 83.4 Å². The monoisotopic (exact) mass is 453 g/mol. The highest BCUT2D eigenvalue weighted by Gasteiger charge is 2.20. The summed E-state index contributed by atoms with van der Waals surface area (Å²) in [4.78, 5) is 8.98. The summed E-state index contributed by atoms with van der Waals surface area (Å²) in [7, 11) is -3.92. The van der Waals surface area contributed by atoms with Gasteiger partial charge in [0.2, 0.25) is 5.82 Å². The van der Waals surface area contributed by atoms with Crippen molar-refractivity contribution >= 4 is 38.5 Å². The minimum Gasteiger partial charge on any atom is -0.436 e. The first kappa shape index (κ1) is 21.1. The van der Waals surface area contributed by atoms with Crippen molar-refractivity contribution in [3.63, 3.8) is 0 Å². The second-order valence-corrected chi connectivity index (χ2v) is 9.37. The van der Waals surface area contributed by atoms with Crippen LogP contribution >= 0.6 is 11.6 Å². The molecule has 1 heterocycles. The number of fused-ring (bicyclic) bond motifs is 1. The lowest BCUT2D eigenvalue weighted by Crippen LogP contribution is -2.15. The van der Waals surface area contributed by atoms with E-state index in [0.717, 1.165) is 0 Å². The van der Waals surface area contributed by atoms with E-state index in [2.05, 4.69) is 28.5 Å². The maximum Gasteiger partial charge on any atom is 0.264 e. The first-order valence-corrected chi connectivity index (χ1v) is 11.5. The summed E-state index contributed by atoms with van der Waals surface area (Å²) in [5, 5.41) is 0.443. The third-order valence-electron chi connectivity index (χ3n) is 4.65. The van der Waals surface area contributed by atoms with Crippen LogP contribution in [0.15, 0.2) is 77.7 Å². The maximum absolute atomic E-state index is 12.9. The number of sulfonamides is 1. The lowest BCUT2D eigenvalue weighted by Gasteiger charge is -2.13. The van der Waals surface area contributed by atoms with Crippen LogP contribution < -0.4 is 9.46 Å². The topological polar surface area (TPSA) is 81.2 Å². The molecule has 0 bridgehead atoms. The predicted molar refractivity (Wildman–Crippen MR) is 122 cm³/mol. The minimum absolute atomic E-state index is 0.00147. The molecule has 31 heavy (non-hydrogen) atoms. The molecular weight excluding hydrogens is 434 g/mol. The van der Waals surface area contributed by atoms with Gasteiger partial charge in [-0.05, 0) is 60.0 Å². The lowest BCUT2D eigenvalue weighted by molar-refractivity contribution is 0.465. The van der Waals surface area contributed by atoms with E-state index in [1.165, 1.54) is 29.8 Å². The molecule has 0 fully saturated rings. The normalized spacial score (nSPS) is 11.6. The van der Waals surface area contributed by atoms with Crippen molar-refractivity contribution in [2.45, 2.75) is 24.7 Å². The molecule has 0 radical (unpaired) electrons. The Hall–Kier alpha value is -3.16. The second kappa shape index (κ2) is 8.53. The van der Waals surface area contributed by atoms with Crippen LogP contribution in [-0.2, 0) is 10.0 Å². The molecule has 0 unspecified atom stereocenters. The van der Waals surface area contributed by atoms with Crippen LogP contribution in [0.3, 0.4) is 0 Å². The highest BCUT2D eigenvalue weighted by Crippen LogP contribution is 2.31. The Balaban J connectivity index is 1.73. The van der Waals surface area contributed by atoms with Crippen LogP contribution in [0.1, 0.15) is 25.3 Å². The summed E-state index contributed by atoms with van der Waals surface area (Å²) < 4.78 is 34.2. The molecule has 1 aromatic heterocycles. The number of nitrogens with one attached hydrogen (secondary N) is 1. The Kier molecular flexibility index (Phi) is 5.80. The second-order valence-electron chi connectivity index (χ2n) is 7.25. The van der Waals surface area contributed by atoms with E-state index < -0.39 is 10.0 Å². The van der Waals surface area contributed by atoms with Gasteiger partial charge in [-0.1, -0.05) is 49.7 Å². The zero-order valence-electron chi connectivity index (χ0n) is 16.9. The average Bonchev–Trinajstić information content (AvgIpc) is 2.74. The fourth-order valence-electron chi connectivity index (χ4n) is 2.95. The Labute approximate surface area is 185 Å². The molecule has 158 valence electrons. The maximum atomic E-state index is 12.9. The summed E-state index contributed by atoms with van der Waals surface area (Å²) in [6.07, 6.45) is 0. The number of rotatable bonds is 6. The van der Waals surface area contributed by atoms with Crippen LogP contribution in [-0.4, -0.2) is 18.4 Å². The van der Waals surface area contributed by atoms with Crippen molar-refractivity contribution in [2.75, 3.05) is 4.72 Å². The smallest absolute Gasteiger partial charge is 0.264 e. The van der Waals surface area contributed by atoms with Gasteiger partial charge in [-0.25, -0.2) is 18.4 Å². The van der Waals surface area contributed by atoms with Crippen LogP contribution in [0.5, 0.6) is 11.6 Å². The Morgan fingerprint density at radius 1 is 0.871 bits per heavy atom. The number of hydrogen-bond acceptors (Lipinski definition) is 5. The standard InChI is InChI=1S/C23H20ClN3O3S/c1-15(2)16-7-11-18(12-8-16)30-23-22(25-20-5-3-4-6-21(20)26-23)27-31(28,29)19-13-9-17(24)10-14-19/h3-15H,1-2H3,(H,25,27). The number of ether oxygens (including phenoxy) is 1. The van der Waals surface area contributed by atoms with E-state index in [-0.39, 0.29) is 16.6 Å². The lowest BCUT2D eigenvalue weighted by atomic mass is 10.0. The average molecular weight is 454 g/mol. The van der Waals surface area contributed by atoms with E-state index in [4.69, 9.17) is 16.3 Å². The predicted octanol–water partition coefficient (Wildman–Crippen LogP) is 6.00. The van der Waals surface area contributed by atoms with Crippen LogP contribution in [0, 0.1) is 0 Å². The number of halogens is 1. The van der Waals surface area contributed by atoms with Gasteiger partial charge in [-0.2, -0.15) is 0 Å². The van der Waals surface area contributed by atoms with Crippen LogP contribution in [0.2, 0.25) is 5.02 Å². The van der Waals surface area contributed by atoms with Crippen molar-refractivity contribution in [1.82, 2.24) is 9.97 Å². The summed E-state index contributed by atoms with van der Waals surface area (Å²) >= 11 is 5.88. The molecule has 8 heteroatoms. The third-order valence-corrected chi connectivity index (χ3v) is 6.26. The van der Waals surface area contributed by atoms with E-state index in [9.17, 15) is 8.42 Å². The molecule has 1 N–H and O–H groups in total. The molecule has 0 saturated heterocycles. The molecule has 0 atom stereocenters. The number of nitrogens with zero attached hydrogens (tertiary/aromatic N) is 2. The van der Waals surface area contributed by atoms with Gasteiger partial charge in [-0.15, -0.1) is 0 Å². The van der Waals surface area contributed by atoms with E-state index >= 15 is 0 Å². The van der Waals surface area contributed by atoms with Gasteiger partial charge in [0.25, 0.3) is 15.9 Å². The SMILES string of the molecule is CC(C)c1ccc(Oc2nc3ccccc3nc2NS(=O)(=O)c2ccc(Cl)cc2)cc1. The molecule has 0 amide bonds. The van der Waals surface area contributed by atoms with Gasteiger partial charge in [0.05, 0.1) is 15.9 Å². The van der Waals surface area contributed by atoms with Crippen molar-refractivity contribution < 1.29 is 13.2 Å². The molecular formula is C23H20ClN3O3S. The molecule has 0 aliphatic heterocycles. The van der Waals surface area contributed by atoms with Crippen LogP contribution in [0.25, 0.3) is 11.0 Å². The fraction of sp³-hybridized carbons (Fsp3) is 0.130. The van der Waals surface area contributed by atoms with E-state index in [0.29, 0.717) is 27.7 Å². The molecule has 0 spiro atoms. The fourth-order valence-corrected chi connectivity index (χ4v) is 4.08. The first-order chi connectivity index (χ1) is 14.8. The van der Waals surface area contributed by atoms with E-state index in [1.54, 1.807) is 18.2 Å². The zero-order chi connectivity index (χ0) is 22.0. The molecule has 3 aromatic carbocycles. The number of para-hydroxylation sites is 2.